The van der Waals surface area contributed by atoms with E-state index >= 15 is 0 Å². The molecule has 148 valence electrons. The van der Waals surface area contributed by atoms with Crippen molar-refractivity contribution in [1.82, 2.24) is 15.5 Å². The van der Waals surface area contributed by atoms with Crippen LogP contribution >= 0.6 is 11.8 Å². The molecule has 2 aromatic rings. The third-order valence-corrected chi connectivity index (χ3v) is 6.70. The Morgan fingerprint density at radius 3 is 2.36 bits per heavy atom. The van der Waals surface area contributed by atoms with Crippen molar-refractivity contribution < 1.29 is 4.79 Å². The highest BCUT2D eigenvalue weighted by Gasteiger charge is 2.28. The van der Waals surface area contributed by atoms with Crippen molar-refractivity contribution in [2.24, 2.45) is 5.92 Å². The highest BCUT2D eigenvalue weighted by Crippen LogP contribution is 2.28. The average Bonchev–Trinajstić information content (AvgIpc) is 3.23. The van der Waals surface area contributed by atoms with E-state index in [0.29, 0.717) is 6.04 Å². The summed E-state index contributed by atoms with van der Waals surface area (Å²) < 4.78 is 0. The van der Waals surface area contributed by atoms with Gasteiger partial charge in [-0.1, -0.05) is 42.3 Å². The number of hydrogen-bond acceptors (Lipinski definition) is 5. The number of aryl methyl sites for hydroxylation is 1. The van der Waals surface area contributed by atoms with Crippen molar-refractivity contribution in [2.75, 3.05) is 18.0 Å². The van der Waals surface area contributed by atoms with Gasteiger partial charge in [-0.25, -0.2) is 0 Å². The van der Waals surface area contributed by atoms with Gasteiger partial charge >= 0.3 is 0 Å². The maximum absolute atomic E-state index is 12.5. The summed E-state index contributed by atoms with van der Waals surface area (Å²) in [7, 11) is 0. The summed E-state index contributed by atoms with van der Waals surface area (Å²) in [6, 6.07) is 12.9. The summed E-state index contributed by atoms with van der Waals surface area (Å²) in [6.45, 7) is 3.81. The number of piperidine rings is 1. The molecule has 0 spiro atoms. The summed E-state index contributed by atoms with van der Waals surface area (Å²) in [5, 5.41) is 13.0. The number of benzene rings is 1. The molecule has 4 rings (SSSR count). The van der Waals surface area contributed by atoms with Crippen LogP contribution in [0.3, 0.4) is 0 Å². The highest BCUT2D eigenvalue weighted by molar-refractivity contribution is 7.99. The van der Waals surface area contributed by atoms with Crippen molar-refractivity contribution in [3.05, 3.63) is 42.0 Å². The molecule has 5 nitrogen and oxygen atoms in total. The van der Waals surface area contributed by atoms with E-state index in [2.05, 4.69) is 51.6 Å². The topological polar surface area (TPSA) is 58.1 Å². The third kappa shape index (κ3) is 4.85. The van der Waals surface area contributed by atoms with Gasteiger partial charge in [-0.3, -0.25) is 4.79 Å². The molecule has 1 aromatic carbocycles. The van der Waals surface area contributed by atoms with Gasteiger partial charge in [0.05, 0.1) is 0 Å². The van der Waals surface area contributed by atoms with Crippen LogP contribution in [0.15, 0.2) is 46.3 Å². The first-order valence-electron chi connectivity index (χ1n) is 10.3. The Morgan fingerprint density at radius 2 is 1.71 bits per heavy atom. The van der Waals surface area contributed by atoms with Gasteiger partial charge in [-0.2, -0.15) is 0 Å². The lowest BCUT2D eigenvalue weighted by Gasteiger charge is -2.32. The Bertz CT molecular complexity index is 779. The second kappa shape index (κ2) is 8.95. The van der Waals surface area contributed by atoms with Crippen LogP contribution in [0.2, 0.25) is 0 Å². The monoisotopic (exact) mass is 396 g/mol. The number of nitrogens with one attached hydrogen (secondary N) is 1. The van der Waals surface area contributed by atoms with Crippen molar-refractivity contribution in [1.29, 1.82) is 0 Å². The van der Waals surface area contributed by atoms with E-state index in [1.165, 1.54) is 23.3 Å². The zero-order chi connectivity index (χ0) is 19.3. The standard InChI is InChI=1S/C22H28N4OS/c1-16-6-8-19(9-7-16)28-21-11-10-20(24-25-21)26-14-12-17(13-15-26)22(27)23-18-4-2-3-5-18/h6-11,17-18H,2-5,12-15H2,1H3,(H,23,27). The first-order chi connectivity index (χ1) is 13.7. The van der Waals surface area contributed by atoms with Crippen LogP contribution in [0, 0.1) is 12.8 Å². The molecule has 1 aromatic heterocycles. The molecule has 1 aliphatic carbocycles. The number of aromatic nitrogens is 2. The summed E-state index contributed by atoms with van der Waals surface area (Å²) in [4.78, 5) is 15.9. The second-order valence-corrected chi connectivity index (χ2v) is 8.99. The zero-order valence-electron chi connectivity index (χ0n) is 16.4. The lowest BCUT2D eigenvalue weighted by molar-refractivity contribution is -0.126. The maximum Gasteiger partial charge on any atom is 0.223 e. The summed E-state index contributed by atoms with van der Waals surface area (Å²) >= 11 is 1.63. The maximum atomic E-state index is 12.5. The molecule has 0 radical (unpaired) electrons. The molecule has 1 N–H and O–H groups in total. The number of carbonyl (C=O) groups excluding carboxylic acids is 1. The van der Waals surface area contributed by atoms with Crippen LogP contribution in [0.25, 0.3) is 0 Å². The molecular weight excluding hydrogens is 368 g/mol. The average molecular weight is 397 g/mol. The summed E-state index contributed by atoms with van der Waals surface area (Å²) in [6.07, 6.45) is 6.57. The third-order valence-electron chi connectivity index (χ3n) is 5.76. The first kappa shape index (κ1) is 19.2. The van der Waals surface area contributed by atoms with Crippen LogP contribution in [0.1, 0.15) is 44.1 Å². The Morgan fingerprint density at radius 1 is 1.00 bits per heavy atom. The van der Waals surface area contributed by atoms with Crippen molar-refractivity contribution >= 4 is 23.5 Å². The normalized spacial score (nSPS) is 18.4. The van der Waals surface area contributed by atoms with E-state index in [1.54, 1.807) is 11.8 Å². The predicted octanol–water partition coefficient (Wildman–Crippen LogP) is 4.21. The SMILES string of the molecule is Cc1ccc(Sc2ccc(N3CCC(C(=O)NC4CCCC4)CC3)nn2)cc1. The zero-order valence-corrected chi connectivity index (χ0v) is 17.3. The summed E-state index contributed by atoms with van der Waals surface area (Å²) in [5.41, 5.74) is 1.26. The molecule has 1 amide bonds. The van der Waals surface area contributed by atoms with E-state index in [1.807, 2.05) is 12.1 Å². The minimum Gasteiger partial charge on any atom is -0.355 e. The molecule has 0 unspecified atom stereocenters. The van der Waals surface area contributed by atoms with Crippen LogP contribution in [-0.4, -0.2) is 35.2 Å². The number of nitrogens with zero attached hydrogens (tertiary/aromatic N) is 3. The number of hydrogen-bond donors (Lipinski definition) is 1. The second-order valence-electron chi connectivity index (χ2n) is 7.90. The molecular formula is C22H28N4OS. The van der Waals surface area contributed by atoms with Crippen LogP contribution in [-0.2, 0) is 4.79 Å². The van der Waals surface area contributed by atoms with Crippen molar-refractivity contribution in [3.63, 3.8) is 0 Å². The van der Waals surface area contributed by atoms with E-state index in [0.717, 1.165) is 49.6 Å². The molecule has 6 heteroatoms. The van der Waals surface area contributed by atoms with Gasteiger partial charge in [0.1, 0.15) is 5.03 Å². The van der Waals surface area contributed by atoms with Gasteiger partial charge in [0, 0.05) is 29.9 Å². The van der Waals surface area contributed by atoms with Gasteiger partial charge in [-0.15, -0.1) is 10.2 Å². The van der Waals surface area contributed by atoms with Crippen molar-refractivity contribution in [3.8, 4) is 0 Å². The molecule has 1 saturated carbocycles. The van der Waals surface area contributed by atoms with Gasteiger partial charge < -0.3 is 10.2 Å². The first-order valence-corrected chi connectivity index (χ1v) is 11.1. The smallest absolute Gasteiger partial charge is 0.223 e. The van der Waals surface area contributed by atoms with Crippen LogP contribution < -0.4 is 10.2 Å². The molecule has 0 atom stereocenters. The van der Waals surface area contributed by atoms with Gasteiger partial charge in [-0.05, 0) is 56.9 Å². The molecule has 28 heavy (non-hydrogen) atoms. The van der Waals surface area contributed by atoms with E-state index in [9.17, 15) is 4.79 Å². The fourth-order valence-corrected chi connectivity index (χ4v) is 4.75. The summed E-state index contributed by atoms with van der Waals surface area (Å²) in [5.74, 6) is 1.30. The quantitative estimate of drug-likeness (QED) is 0.820. The van der Waals surface area contributed by atoms with Gasteiger partial charge in [0.15, 0.2) is 5.82 Å². The molecule has 2 aliphatic rings. The van der Waals surface area contributed by atoms with Crippen molar-refractivity contribution in [2.45, 2.75) is 61.4 Å². The molecule has 2 heterocycles. The van der Waals surface area contributed by atoms with E-state index in [4.69, 9.17) is 0 Å². The van der Waals surface area contributed by atoms with Crippen LogP contribution in [0.5, 0.6) is 0 Å². The minimum absolute atomic E-state index is 0.140. The number of anilines is 1. The molecule has 2 fully saturated rings. The Labute approximate surface area is 171 Å². The highest BCUT2D eigenvalue weighted by atomic mass is 32.2. The largest absolute Gasteiger partial charge is 0.355 e. The van der Waals surface area contributed by atoms with E-state index in [-0.39, 0.29) is 11.8 Å². The number of carbonyl (C=O) groups is 1. The predicted molar refractivity (Wildman–Crippen MR) is 113 cm³/mol. The number of rotatable bonds is 5. The van der Waals surface area contributed by atoms with Crippen LogP contribution in [0.4, 0.5) is 5.82 Å². The molecule has 1 saturated heterocycles. The Hall–Kier alpha value is -2.08. The van der Waals surface area contributed by atoms with Gasteiger partial charge in [0.2, 0.25) is 5.91 Å². The minimum atomic E-state index is 0.140. The molecule has 1 aliphatic heterocycles. The van der Waals surface area contributed by atoms with E-state index < -0.39 is 0 Å². The lowest BCUT2D eigenvalue weighted by Crippen LogP contribution is -2.43. The Kier molecular flexibility index (Phi) is 6.15. The van der Waals surface area contributed by atoms with Gasteiger partial charge in [0.25, 0.3) is 0 Å². The molecule has 0 bridgehead atoms. The fraction of sp³-hybridized carbons (Fsp3) is 0.500. The number of amides is 1. The Balaban J connectivity index is 1.28. The lowest BCUT2D eigenvalue weighted by atomic mass is 9.95. The fourth-order valence-electron chi connectivity index (χ4n) is 4.02.